The van der Waals surface area contributed by atoms with Crippen molar-refractivity contribution in [3.05, 3.63) is 41.2 Å². The van der Waals surface area contributed by atoms with E-state index in [1.165, 1.54) is 10.4 Å². The zero-order valence-corrected chi connectivity index (χ0v) is 12.7. The highest BCUT2D eigenvalue weighted by atomic mass is 16.3. The Labute approximate surface area is 128 Å². The molecule has 0 spiro atoms. The molecule has 0 aliphatic heterocycles. The topological polar surface area (TPSA) is 100 Å². The predicted octanol–water partition coefficient (Wildman–Crippen LogP) is 0.433. The lowest BCUT2D eigenvalue weighted by Crippen LogP contribution is -2.31. The minimum absolute atomic E-state index is 0.0581. The second-order valence-corrected chi connectivity index (χ2v) is 5.02. The SMILES string of the molecule is CCc1ccc(-n2nc(CO)c(C(=O)NC[C@@H](C)O)n2)cc1. The van der Waals surface area contributed by atoms with Gasteiger partial charge in [0, 0.05) is 6.54 Å². The fourth-order valence-electron chi connectivity index (χ4n) is 1.92. The first-order chi connectivity index (χ1) is 10.5. The van der Waals surface area contributed by atoms with Crippen molar-refractivity contribution in [3.63, 3.8) is 0 Å². The van der Waals surface area contributed by atoms with Crippen molar-refractivity contribution in [3.8, 4) is 5.69 Å². The van der Waals surface area contributed by atoms with Gasteiger partial charge in [0.2, 0.25) is 0 Å². The van der Waals surface area contributed by atoms with Gasteiger partial charge in [-0.05, 0) is 31.0 Å². The minimum Gasteiger partial charge on any atom is -0.392 e. The lowest BCUT2D eigenvalue weighted by Gasteiger charge is -2.05. The first-order valence-corrected chi connectivity index (χ1v) is 7.17. The number of hydrogen-bond acceptors (Lipinski definition) is 5. The number of carbonyl (C=O) groups excluding carboxylic acids is 1. The van der Waals surface area contributed by atoms with Crippen LogP contribution in [-0.4, -0.2) is 43.8 Å². The highest BCUT2D eigenvalue weighted by Gasteiger charge is 2.18. The van der Waals surface area contributed by atoms with Gasteiger partial charge in [0.15, 0.2) is 5.69 Å². The highest BCUT2D eigenvalue weighted by molar-refractivity contribution is 5.93. The van der Waals surface area contributed by atoms with E-state index in [0.29, 0.717) is 5.69 Å². The van der Waals surface area contributed by atoms with Crippen molar-refractivity contribution in [1.29, 1.82) is 0 Å². The Kier molecular flexibility index (Phi) is 5.24. The second-order valence-electron chi connectivity index (χ2n) is 5.02. The summed E-state index contributed by atoms with van der Waals surface area (Å²) < 4.78 is 0. The van der Waals surface area contributed by atoms with Crippen LogP contribution < -0.4 is 5.32 Å². The molecule has 0 saturated heterocycles. The van der Waals surface area contributed by atoms with Crippen molar-refractivity contribution in [2.24, 2.45) is 0 Å². The molecule has 7 heteroatoms. The van der Waals surface area contributed by atoms with E-state index in [1.807, 2.05) is 24.3 Å². The standard InChI is InChI=1S/C15H20N4O3/c1-3-11-4-6-12(7-5-11)19-17-13(9-20)14(18-19)15(22)16-8-10(2)21/h4-7,10,20-21H,3,8-9H2,1-2H3,(H,16,22)/t10-/m1/s1. The number of benzene rings is 1. The maximum atomic E-state index is 12.0. The third-order valence-electron chi connectivity index (χ3n) is 3.18. The van der Waals surface area contributed by atoms with Crippen molar-refractivity contribution < 1.29 is 15.0 Å². The number of aliphatic hydroxyl groups is 2. The molecule has 1 aromatic heterocycles. The molecule has 22 heavy (non-hydrogen) atoms. The zero-order valence-electron chi connectivity index (χ0n) is 12.7. The monoisotopic (exact) mass is 304 g/mol. The molecule has 3 N–H and O–H groups in total. The molecule has 118 valence electrons. The number of amides is 1. The third kappa shape index (κ3) is 3.69. The van der Waals surface area contributed by atoms with Gasteiger partial charge >= 0.3 is 0 Å². The average Bonchev–Trinajstić information content (AvgIpc) is 2.97. The third-order valence-corrected chi connectivity index (χ3v) is 3.18. The van der Waals surface area contributed by atoms with E-state index >= 15 is 0 Å². The maximum Gasteiger partial charge on any atom is 0.273 e. The lowest BCUT2D eigenvalue weighted by atomic mass is 10.2. The first-order valence-electron chi connectivity index (χ1n) is 7.17. The molecule has 0 saturated carbocycles. The molecule has 1 aromatic carbocycles. The van der Waals surface area contributed by atoms with E-state index in [9.17, 15) is 15.0 Å². The molecule has 0 radical (unpaired) electrons. The number of aryl methyl sites for hydroxylation is 1. The molecule has 0 unspecified atom stereocenters. The Hall–Kier alpha value is -2.25. The van der Waals surface area contributed by atoms with Crippen molar-refractivity contribution in [1.82, 2.24) is 20.3 Å². The largest absolute Gasteiger partial charge is 0.392 e. The Morgan fingerprint density at radius 3 is 2.55 bits per heavy atom. The van der Waals surface area contributed by atoms with Crippen LogP contribution in [0, 0.1) is 0 Å². The molecule has 0 aliphatic carbocycles. The summed E-state index contributed by atoms with van der Waals surface area (Å²) >= 11 is 0. The van der Waals surface area contributed by atoms with Crippen LogP contribution in [0.5, 0.6) is 0 Å². The number of nitrogens with zero attached hydrogens (tertiary/aromatic N) is 3. The number of aliphatic hydroxyl groups excluding tert-OH is 2. The molecule has 0 fully saturated rings. The van der Waals surface area contributed by atoms with E-state index < -0.39 is 12.0 Å². The summed E-state index contributed by atoms with van der Waals surface area (Å²) in [5, 5.41) is 29.4. The van der Waals surface area contributed by atoms with Gasteiger partial charge in [-0.25, -0.2) is 0 Å². The molecule has 2 aromatic rings. The van der Waals surface area contributed by atoms with Crippen molar-refractivity contribution >= 4 is 5.91 Å². The summed E-state index contributed by atoms with van der Waals surface area (Å²) in [4.78, 5) is 13.3. The van der Waals surface area contributed by atoms with Crippen LogP contribution in [0.2, 0.25) is 0 Å². The van der Waals surface area contributed by atoms with Gasteiger partial charge in [0.05, 0.1) is 18.4 Å². The quantitative estimate of drug-likeness (QED) is 0.718. The minimum atomic E-state index is -0.654. The van der Waals surface area contributed by atoms with Crippen LogP contribution >= 0.6 is 0 Å². The highest BCUT2D eigenvalue weighted by Crippen LogP contribution is 2.11. The predicted molar refractivity (Wildman–Crippen MR) is 80.7 cm³/mol. The number of rotatable bonds is 6. The molecule has 2 rings (SSSR count). The summed E-state index contributed by atoms with van der Waals surface area (Å²) in [6.07, 6.45) is 0.278. The van der Waals surface area contributed by atoms with E-state index in [0.717, 1.165) is 6.42 Å². The molecule has 1 heterocycles. The first kappa shape index (κ1) is 16.1. The Bertz CT molecular complexity index is 635. The summed E-state index contributed by atoms with van der Waals surface area (Å²) in [6.45, 7) is 3.36. The zero-order chi connectivity index (χ0) is 16.1. The van der Waals surface area contributed by atoms with E-state index in [2.05, 4.69) is 22.4 Å². The number of nitrogens with one attached hydrogen (secondary N) is 1. The summed E-state index contributed by atoms with van der Waals surface area (Å²) in [5.41, 5.74) is 2.15. The van der Waals surface area contributed by atoms with Gasteiger partial charge in [-0.1, -0.05) is 19.1 Å². The molecule has 0 bridgehead atoms. The van der Waals surface area contributed by atoms with Crippen LogP contribution in [0.3, 0.4) is 0 Å². The molecule has 1 amide bonds. The number of hydrogen-bond donors (Lipinski definition) is 3. The molecule has 7 nitrogen and oxygen atoms in total. The Morgan fingerprint density at radius 1 is 1.32 bits per heavy atom. The summed E-state index contributed by atoms with van der Waals surface area (Å²) in [7, 11) is 0. The Morgan fingerprint density at radius 2 is 2.00 bits per heavy atom. The number of aromatic nitrogens is 3. The second kappa shape index (κ2) is 7.15. The van der Waals surface area contributed by atoms with Gasteiger partial charge in [-0.15, -0.1) is 10.2 Å². The lowest BCUT2D eigenvalue weighted by molar-refractivity contribution is 0.0915. The van der Waals surface area contributed by atoms with Crippen LogP contribution in [0.1, 0.15) is 35.6 Å². The molecule has 0 aliphatic rings. The van der Waals surface area contributed by atoms with Crippen LogP contribution in [0.15, 0.2) is 24.3 Å². The number of carbonyl (C=O) groups is 1. The molecular formula is C15H20N4O3. The van der Waals surface area contributed by atoms with E-state index in [-0.39, 0.29) is 24.5 Å². The van der Waals surface area contributed by atoms with Gasteiger partial charge in [-0.2, -0.15) is 4.80 Å². The molecule has 1 atom stereocenters. The molecular weight excluding hydrogens is 284 g/mol. The van der Waals surface area contributed by atoms with E-state index in [1.54, 1.807) is 6.92 Å². The Balaban J connectivity index is 2.25. The normalized spacial score (nSPS) is 12.2. The summed E-state index contributed by atoms with van der Waals surface area (Å²) in [6, 6.07) is 7.64. The summed E-state index contributed by atoms with van der Waals surface area (Å²) in [5.74, 6) is -0.471. The van der Waals surface area contributed by atoms with Gasteiger partial charge < -0.3 is 15.5 Å². The van der Waals surface area contributed by atoms with Crippen LogP contribution in [0.25, 0.3) is 5.69 Å². The van der Waals surface area contributed by atoms with Crippen molar-refractivity contribution in [2.75, 3.05) is 6.54 Å². The maximum absolute atomic E-state index is 12.0. The fraction of sp³-hybridized carbons (Fsp3) is 0.400. The van der Waals surface area contributed by atoms with Crippen LogP contribution in [-0.2, 0) is 13.0 Å². The van der Waals surface area contributed by atoms with E-state index in [4.69, 9.17) is 0 Å². The van der Waals surface area contributed by atoms with Crippen LogP contribution in [0.4, 0.5) is 0 Å². The fourth-order valence-corrected chi connectivity index (χ4v) is 1.92. The van der Waals surface area contributed by atoms with Gasteiger partial charge in [-0.3, -0.25) is 4.79 Å². The van der Waals surface area contributed by atoms with Crippen molar-refractivity contribution in [2.45, 2.75) is 33.0 Å². The van der Waals surface area contributed by atoms with Gasteiger partial charge in [0.1, 0.15) is 5.69 Å². The smallest absolute Gasteiger partial charge is 0.273 e. The average molecular weight is 304 g/mol. The van der Waals surface area contributed by atoms with Gasteiger partial charge in [0.25, 0.3) is 5.91 Å².